The third kappa shape index (κ3) is 3.76. The molecule has 5 nitrogen and oxygen atoms in total. The van der Waals surface area contributed by atoms with Gasteiger partial charge < -0.3 is 9.52 Å². The van der Waals surface area contributed by atoms with E-state index in [1.54, 1.807) is 6.07 Å². The number of halogens is 1. The van der Waals surface area contributed by atoms with Crippen molar-refractivity contribution in [2.75, 3.05) is 39.3 Å². The summed E-state index contributed by atoms with van der Waals surface area (Å²) in [4.78, 5) is 16.6. The van der Waals surface area contributed by atoms with Crippen molar-refractivity contribution in [3.05, 3.63) is 58.4 Å². The van der Waals surface area contributed by atoms with E-state index in [4.69, 9.17) is 9.52 Å². The smallest absolute Gasteiger partial charge is 0.336 e. The van der Waals surface area contributed by atoms with Crippen LogP contribution in [-0.2, 0) is 6.54 Å². The second kappa shape index (κ2) is 8.18. The standard InChI is InChI=1S/C20H22N2O3.ClH/c23-12-11-21-7-9-22(10-8-21)14-16-13-19(24)25-18-6-5-15-3-1-2-4-17(15)20(16)18;/h1-6,13,23H,7-12,14H2;1H. The molecule has 6 heteroatoms. The molecule has 1 aromatic heterocycles. The van der Waals surface area contributed by atoms with Gasteiger partial charge in [-0.1, -0.05) is 30.3 Å². The Morgan fingerprint density at radius 2 is 1.73 bits per heavy atom. The van der Waals surface area contributed by atoms with E-state index < -0.39 is 0 Å². The fourth-order valence-corrected chi connectivity index (χ4v) is 3.70. The minimum Gasteiger partial charge on any atom is -0.423 e. The minimum atomic E-state index is -0.295. The molecular weight excluding hydrogens is 352 g/mol. The van der Waals surface area contributed by atoms with Crippen molar-refractivity contribution in [1.82, 2.24) is 9.80 Å². The van der Waals surface area contributed by atoms with Crippen LogP contribution in [0.15, 0.2) is 51.7 Å². The predicted octanol–water partition coefficient (Wildman–Crippen LogP) is 2.48. The fraction of sp³-hybridized carbons (Fsp3) is 0.350. The Bertz CT molecular complexity index is 949. The highest BCUT2D eigenvalue weighted by Crippen LogP contribution is 2.28. The maximum Gasteiger partial charge on any atom is 0.336 e. The van der Waals surface area contributed by atoms with E-state index in [1.165, 1.54) is 0 Å². The van der Waals surface area contributed by atoms with Crippen molar-refractivity contribution in [3.63, 3.8) is 0 Å². The highest BCUT2D eigenvalue weighted by Gasteiger charge is 2.18. The molecule has 0 amide bonds. The van der Waals surface area contributed by atoms with Crippen LogP contribution in [-0.4, -0.2) is 54.2 Å². The average molecular weight is 375 g/mol. The number of benzene rings is 2. The lowest BCUT2D eigenvalue weighted by Crippen LogP contribution is -2.46. The number of rotatable bonds is 4. The summed E-state index contributed by atoms with van der Waals surface area (Å²) < 4.78 is 5.44. The molecule has 4 rings (SSSR count). The molecular formula is C20H23ClN2O3. The summed E-state index contributed by atoms with van der Waals surface area (Å²) in [6.45, 7) is 5.44. The monoisotopic (exact) mass is 374 g/mol. The first-order valence-electron chi connectivity index (χ1n) is 8.74. The number of piperazine rings is 1. The molecule has 26 heavy (non-hydrogen) atoms. The Kier molecular flexibility index (Phi) is 5.94. The van der Waals surface area contributed by atoms with Crippen molar-refractivity contribution >= 4 is 34.1 Å². The molecule has 0 radical (unpaired) electrons. The SMILES string of the molecule is Cl.O=c1cc(CN2CCN(CCO)CC2)c2c(ccc3ccccc32)o1. The van der Waals surface area contributed by atoms with Crippen LogP contribution in [0, 0.1) is 0 Å². The first-order chi connectivity index (χ1) is 12.2. The first kappa shape index (κ1) is 18.9. The summed E-state index contributed by atoms with van der Waals surface area (Å²) in [6.07, 6.45) is 0. The Labute approximate surface area is 158 Å². The van der Waals surface area contributed by atoms with Crippen molar-refractivity contribution in [3.8, 4) is 0 Å². The van der Waals surface area contributed by atoms with Crippen LogP contribution in [0.4, 0.5) is 0 Å². The van der Waals surface area contributed by atoms with Crippen LogP contribution in [0.2, 0.25) is 0 Å². The highest BCUT2D eigenvalue weighted by molar-refractivity contribution is 6.07. The molecule has 0 aliphatic carbocycles. The third-order valence-corrected chi connectivity index (χ3v) is 4.99. The Morgan fingerprint density at radius 1 is 1.00 bits per heavy atom. The summed E-state index contributed by atoms with van der Waals surface area (Å²) in [5.74, 6) is 0. The lowest BCUT2D eigenvalue weighted by molar-refractivity contribution is 0.108. The zero-order chi connectivity index (χ0) is 17.2. The van der Waals surface area contributed by atoms with E-state index in [9.17, 15) is 4.79 Å². The van der Waals surface area contributed by atoms with Crippen molar-refractivity contribution in [2.24, 2.45) is 0 Å². The molecule has 2 heterocycles. The van der Waals surface area contributed by atoms with Gasteiger partial charge in [0.2, 0.25) is 0 Å². The van der Waals surface area contributed by atoms with E-state index in [2.05, 4.69) is 21.9 Å². The van der Waals surface area contributed by atoms with Gasteiger partial charge in [-0.3, -0.25) is 9.80 Å². The molecule has 0 spiro atoms. The maximum atomic E-state index is 12.0. The largest absolute Gasteiger partial charge is 0.423 e. The molecule has 1 fully saturated rings. The molecule has 0 bridgehead atoms. The number of nitrogens with zero attached hydrogens (tertiary/aromatic N) is 2. The molecule has 138 valence electrons. The van der Waals surface area contributed by atoms with Gasteiger partial charge in [0.1, 0.15) is 5.58 Å². The summed E-state index contributed by atoms with van der Waals surface area (Å²) in [6, 6.07) is 13.7. The normalized spacial score (nSPS) is 16.0. The zero-order valence-electron chi connectivity index (χ0n) is 14.6. The Balaban J connectivity index is 0.00000196. The zero-order valence-corrected chi connectivity index (χ0v) is 15.4. The van der Waals surface area contributed by atoms with E-state index >= 15 is 0 Å². The Morgan fingerprint density at radius 3 is 2.50 bits per heavy atom. The van der Waals surface area contributed by atoms with E-state index in [-0.39, 0.29) is 24.6 Å². The van der Waals surface area contributed by atoms with Crippen LogP contribution in [0.5, 0.6) is 0 Å². The van der Waals surface area contributed by atoms with Gasteiger partial charge in [0.25, 0.3) is 0 Å². The summed E-state index contributed by atoms with van der Waals surface area (Å²) in [5.41, 5.74) is 1.38. The van der Waals surface area contributed by atoms with Crippen molar-refractivity contribution in [1.29, 1.82) is 0 Å². The van der Waals surface area contributed by atoms with E-state index in [0.29, 0.717) is 5.58 Å². The second-order valence-corrected chi connectivity index (χ2v) is 6.59. The molecule has 1 saturated heterocycles. The number of hydrogen-bond donors (Lipinski definition) is 1. The van der Waals surface area contributed by atoms with Gasteiger partial charge in [-0.2, -0.15) is 0 Å². The van der Waals surface area contributed by atoms with E-state index in [0.717, 1.165) is 61.0 Å². The summed E-state index contributed by atoms with van der Waals surface area (Å²) in [5, 5.41) is 12.4. The van der Waals surface area contributed by atoms with Crippen LogP contribution >= 0.6 is 12.4 Å². The van der Waals surface area contributed by atoms with Crippen LogP contribution < -0.4 is 5.63 Å². The minimum absolute atomic E-state index is 0. The fourth-order valence-electron chi connectivity index (χ4n) is 3.70. The van der Waals surface area contributed by atoms with Gasteiger partial charge in [0.15, 0.2) is 0 Å². The molecule has 0 saturated carbocycles. The van der Waals surface area contributed by atoms with Gasteiger partial charge in [0.05, 0.1) is 6.61 Å². The number of aliphatic hydroxyl groups excluding tert-OH is 1. The summed E-state index contributed by atoms with van der Waals surface area (Å²) >= 11 is 0. The van der Waals surface area contributed by atoms with Crippen LogP contribution in [0.3, 0.4) is 0 Å². The highest BCUT2D eigenvalue weighted by atomic mass is 35.5. The molecule has 1 aliphatic rings. The van der Waals surface area contributed by atoms with Crippen LogP contribution in [0.25, 0.3) is 21.7 Å². The number of aliphatic hydroxyl groups is 1. The first-order valence-corrected chi connectivity index (χ1v) is 8.74. The molecule has 1 aliphatic heterocycles. The molecule has 0 unspecified atom stereocenters. The van der Waals surface area contributed by atoms with Crippen molar-refractivity contribution < 1.29 is 9.52 Å². The van der Waals surface area contributed by atoms with Gasteiger partial charge in [-0.05, 0) is 22.4 Å². The Hall–Kier alpha value is -1.92. The lowest BCUT2D eigenvalue weighted by Gasteiger charge is -2.34. The van der Waals surface area contributed by atoms with E-state index in [1.807, 2.05) is 24.3 Å². The molecule has 1 N–H and O–H groups in total. The maximum absolute atomic E-state index is 12.0. The molecule has 0 atom stereocenters. The van der Waals surface area contributed by atoms with Gasteiger partial charge in [-0.15, -0.1) is 12.4 Å². The van der Waals surface area contributed by atoms with Gasteiger partial charge >= 0.3 is 5.63 Å². The van der Waals surface area contributed by atoms with Crippen molar-refractivity contribution in [2.45, 2.75) is 6.54 Å². The third-order valence-electron chi connectivity index (χ3n) is 4.99. The van der Waals surface area contributed by atoms with Crippen LogP contribution in [0.1, 0.15) is 5.56 Å². The molecule has 3 aromatic rings. The quantitative estimate of drug-likeness (QED) is 0.561. The topological polar surface area (TPSA) is 56.9 Å². The number of fused-ring (bicyclic) bond motifs is 3. The summed E-state index contributed by atoms with van der Waals surface area (Å²) in [7, 11) is 0. The molecule has 2 aromatic carbocycles. The average Bonchev–Trinajstić information content (AvgIpc) is 2.63. The van der Waals surface area contributed by atoms with Gasteiger partial charge in [0, 0.05) is 50.7 Å². The number of hydrogen-bond acceptors (Lipinski definition) is 5. The lowest BCUT2D eigenvalue weighted by atomic mass is 10.0. The number of β-amino-alcohol motifs (C(OH)–C–C–N with tert-alkyl or cyclic N) is 1. The second-order valence-electron chi connectivity index (χ2n) is 6.59. The van der Waals surface area contributed by atoms with Gasteiger partial charge in [-0.25, -0.2) is 4.79 Å². The predicted molar refractivity (Wildman–Crippen MR) is 106 cm³/mol.